The lowest BCUT2D eigenvalue weighted by molar-refractivity contribution is -0.131. The molecule has 1 aliphatic rings. The van der Waals surface area contributed by atoms with E-state index < -0.39 is 0 Å². The summed E-state index contributed by atoms with van der Waals surface area (Å²) in [6.45, 7) is 5.17. The second-order valence-electron chi connectivity index (χ2n) is 6.25. The van der Waals surface area contributed by atoms with Crippen LogP contribution in [-0.4, -0.2) is 35.0 Å². The van der Waals surface area contributed by atoms with Gasteiger partial charge in [0.05, 0.1) is 12.6 Å². The van der Waals surface area contributed by atoms with Crippen LogP contribution < -0.4 is 5.56 Å². The van der Waals surface area contributed by atoms with E-state index in [1.807, 2.05) is 31.2 Å². The lowest BCUT2D eigenvalue weighted by Crippen LogP contribution is -2.36. The first kappa shape index (κ1) is 15.7. The van der Waals surface area contributed by atoms with E-state index in [1.54, 1.807) is 4.90 Å². The van der Waals surface area contributed by atoms with E-state index in [9.17, 15) is 9.59 Å². The number of nitrogens with one attached hydrogen (secondary N) is 1. The van der Waals surface area contributed by atoms with E-state index in [2.05, 4.69) is 4.98 Å². The highest BCUT2D eigenvalue weighted by Gasteiger charge is 2.21. The zero-order valence-corrected chi connectivity index (χ0v) is 13.6. The van der Waals surface area contributed by atoms with Gasteiger partial charge in [0.25, 0.3) is 5.56 Å². The van der Waals surface area contributed by atoms with E-state index in [4.69, 9.17) is 4.74 Å². The number of fused-ring (bicyclic) bond motifs is 1. The van der Waals surface area contributed by atoms with Gasteiger partial charge >= 0.3 is 0 Å². The summed E-state index contributed by atoms with van der Waals surface area (Å²) in [6, 6.07) is 7.79. The number of hydrogen-bond donors (Lipinski definition) is 1. The van der Waals surface area contributed by atoms with Gasteiger partial charge in [0, 0.05) is 31.2 Å². The summed E-state index contributed by atoms with van der Waals surface area (Å²) in [7, 11) is 0. The smallest absolute Gasteiger partial charge is 0.253 e. The van der Waals surface area contributed by atoms with Gasteiger partial charge in [0.2, 0.25) is 5.91 Å². The lowest BCUT2D eigenvalue weighted by Gasteiger charge is -2.24. The Balaban J connectivity index is 1.86. The fourth-order valence-electron chi connectivity index (χ4n) is 3.03. The molecule has 0 spiro atoms. The molecule has 0 bridgehead atoms. The largest absolute Gasteiger partial charge is 0.376 e. The van der Waals surface area contributed by atoms with Crippen LogP contribution in [0.15, 0.2) is 29.1 Å². The van der Waals surface area contributed by atoms with Crippen molar-refractivity contribution >= 4 is 16.8 Å². The van der Waals surface area contributed by atoms with Crippen molar-refractivity contribution in [1.82, 2.24) is 9.88 Å². The van der Waals surface area contributed by atoms with Crippen molar-refractivity contribution in [3.63, 3.8) is 0 Å². The summed E-state index contributed by atoms with van der Waals surface area (Å²) in [5.74, 6) is -0.0377. The maximum Gasteiger partial charge on any atom is 0.253 e. The number of aromatic amines is 1. The molecular weight excluding hydrogens is 292 g/mol. The molecule has 1 saturated heterocycles. The number of hydrogen-bond acceptors (Lipinski definition) is 3. The molecule has 2 heterocycles. The van der Waals surface area contributed by atoms with Crippen LogP contribution in [0.4, 0.5) is 0 Å². The molecule has 5 heteroatoms. The molecule has 0 saturated carbocycles. The molecule has 1 aromatic heterocycles. The molecule has 1 atom stereocenters. The van der Waals surface area contributed by atoms with Crippen molar-refractivity contribution in [2.45, 2.75) is 39.3 Å². The third kappa shape index (κ3) is 3.62. The van der Waals surface area contributed by atoms with Crippen LogP contribution in [0, 0.1) is 6.92 Å². The monoisotopic (exact) mass is 314 g/mol. The molecule has 1 fully saturated rings. The predicted octanol–water partition coefficient (Wildman–Crippen LogP) is 2.36. The Hall–Kier alpha value is -2.14. The summed E-state index contributed by atoms with van der Waals surface area (Å²) in [4.78, 5) is 28.8. The Bertz CT molecular complexity index is 775. The van der Waals surface area contributed by atoms with Gasteiger partial charge in [-0.25, -0.2) is 0 Å². The lowest BCUT2D eigenvalue weighted by atomic mass is 10.1. The molecule has 1 aromatic carbocycles. The minimum atomic E-state index is -0.139. The summed E-state index contributed by atoms with van der Waals surface area (Å²) in [5.41, 5.74) is 2.42. The van der Waals surface area contributed by atoms with Crippen LogP contribution in [0.2, 0.25) is 0 Å². The third-order valence-corrected chi connectivity index (χ3v) is 4.33. The second kappa shape index (κ2) is 6.54. The number of ether oxygens (including phenoxy) is 1. The number of pyridine rings is 1. The first-order valence-corrected chi connectivity index (χ1v) is 8.02. The Morgan fingerprint density at radius 3 is 2.91 bits per heavy atom. The van der Waals surface area contributed by atoms with Crippen molar-refractivity contribution in [3.8, 4) is 0 Å². The van der Waals surface area contributed by atoms with Crippen LogP contribution in [-0.2, 0) is 16.1 Å². The molecular formula is C18H22N2O3. The quantitative estimate of drug-likeness (QED) is 0.942. The molecule has 1 N–H and O–H groups in total. The average Bonchev–Trinajstić information content (AvgIpc) is 3.00. The number of aryl methyl sites for hydroxylation is 1. The van der Waals surface area contributed by atoms with E-state index in [0.29, 0.717) is 18.7 Å². The predicted molar refractivity (Wildman–Crippen MR) is 89.4 cm³/mol. The van der Waals surface area contributed by atoms with Crippen molar-refractivity contribution in [2.24, 2.45) is 0 Å². The van der Waals surface area contributed by atoms with Gasteiger partial charge in [-0.1, -0.05) is 11.6 Å². The van der Waals surface area contributed by atoms with Crippen LogP contribution in [0.3, 0.4) is 0 Å². The van der Waals surface area contributed by atoms with Gasteiger partial charge < -0.3 is 14.6 Å². The van der Waals surface area contributed by atoms with E-state index in [0.717, 1.165) is 35.9 Å². The molecule has 1 unspecified atom stereocenters. The van der Waals surface area contributed by atoms with Crippen molar-refractivity contribution in [2.75, 3.05) is 13.2 Å². The minimum absolute atomic E-state index is 0.0377. The Kier molecular flexibility index (Phi) is 4.48. The zero-order chi connectivity index (χ0) is 16.4. The number of benzene rings is 1. The number of nitrogens with zero attached hydrogens (tertiary/aromatic N) is 1. The first-order valence-electron chi connectivity index (χ1n) is 8.02. The van der Waals surface area contributed by atoms with Crippen molar-refractivity contribution < 1.29 is 9.53 Å². The van der Waals surface area contributed by atoms with Crippen LogP contribution in [0.5, 0.6) is 0 Å². The molecule has 5 nitrogen and oxygen atoms in total. The van der Waals surface area contributed by atoms with Gasteiger partial charge in [0.1, 0.15) is 0 Å². The molecule has 3 rings (SSSR count). The van der Waals surface area contributed by atoms with Crippen molar-refractivity contribution in [1.29, 1.82) is 0 Å². The standard InChI is InChI=1S/C18H22N2O3/c1-12-5-6-17-14(8-12)9-15(18(22)19-17)10-20(13(2)21)11-16-4-3-7-23-16/h5-6,8-9,16H,3-4,7,10-11H2,1-2H3,(H,19,22). The topological polar surface area (TPSA) is 62.4 Å². The molecule has 122 valence electrons. The van der Waals surface area contributed by atoms with E-state index in [1.165, 1.54) is 6.92 Å². The summed E-state index contributed by atoms with van der Waals surface area (Å²) in [5, 5.41) is 0.986. The Labute approximate surface area is 135 Å². The normalized spacial score (nSPS) is 17.6. The number of carbonyl (C=O) groups is 1. The number of carbonyl (C=O) groups excluding carboxylic acids is 1. The molecule has 1 amide bonds. The van der Waals surface area contributed by atoms with Crippen LogP contribution in [0.1, 0.15) is 30.9 Å². The van der Waals surface area contributed by atoms with E-state index in [-0.39, 0.29) is 17.6 Å². The molecule has 2 aromatic rings. The fraction of sp³-hybridized carbons (Fsp3) is 0.444. The maximum absolute atomic E-state index is 12.3. The fourth-order valence-corrected chi connectivity index (χ4v) is 3.03. The molecule has 23 heavy (non-hydrogen) atoms. The molecule has 0 radical (unpaired) electrons. The van der Waals surface area contributed by atoms with E-state index >= 15 is 0 Å². The number of amides is 1. The van der Waals surface area contributed by atoms with Gasteiger partial charge in [0.15, 0.2) is 0 Å². The second-order valence-corrected chi connectivity index (χ2v) is 6.25. The number of rotatable bonds is 4. The highest BCUT2D eigenvalue weighted by molar-refractivity contribution is 5.80. The Morgan fingerprint density at radius 1 is 1.39 bits per heavy atom. The minimum Gasteiger partial charge on any atom is -0.376 e. The van der Waals surface area contributed by atoms with Crippen molar-refractivity contribution in [3.05, 3.63) is 45.7 Å². The highest BCUT2D eigenvalue weighted by Crippen LogP contribution is 2.17. The molecule has 0 aliphatic carbocycles. The maximum atomic E-state index is 12.3. The zero-order valence-electron chi connectivity index (χ0n) is 13.6. The molecule has 1 aliphatic heterocycles. The van der Waals surface area contributed by atoms with Gasteiger partial charge in [-0.3, -0.25) is 9.59 Å². The first-order chi connectivity index (χ1) is 11.0. The van der Waals surface area contributed by atoms with Gasteiger partial charge in [-0.15, -0.1) is 0 Å². The SMILES string of the molecule is CC(=O)N(Cc1cc2cc(C)ccc2[nH]c1=O)CC1CCCO1. The van der Waals surface area contributed by atoms with Gasteiger partial charge in [-0.2, -0.15) is 0 Å². The Morgan fingerprint density at radius 2 is 2.22 bits per heavy atom. The number of aromatic nitrogens is 1. The highest BCUT2D eigenvalue weighted by atomic mass is 16.5. The summed E-state index contributed by atoms with van der Waals surface area (Å²) >= 11 is 0. The summed E-state index contributed by atoms with van der Waals surface area (Å²) < 4.78 is 5.61. The van der Waals surface area contributed by atoms with Crippen LogP contribution >= 0.6 is 0 Å². The number of H-pyrrole nitrogens is 1. The van der Waals surface area contributed by atoms with Gasteiger partial charge in [-0.05, 0) is 43.4 Å². The third-order valence-electron chi connectivity index (χ3n) is 4.33. The summed E-state index contributed by atoms with van der Waals surface area (Å²) in [6.07, 6.45) is 2.09. The average molecular weight is 314 g/mol. The van der Waals surface area contributed by atoms with Crippen LogP contribution in [0.25, 0.3) is 10.9 Å².